The summed E-state index contributed by atoms with van der Waals surface area (Å²) in [5.41, 5.74) is 5.57. The Kier molecular flexibility index (Phi) is 5.49. The molecule has 0 saturated carbocycles. The number of carbonyl (C=O) groups excluding carboxylic acids is 1. The quantitative estimate of drug-likeness (QED) is 0.646. The van der Waals surface area contributed by atoms with Crippen LogP contribution in [0.1, 0.15) is 34.6 Å². The van der Waals surface area contributed by atoms with Crippen molar-refractivity contribution < 1.29 is 9.32 Å². The third-order valence-electron chi connectivity index (χ3n) is 4.58. The van der Waals surface area contributed by atoms with E-state index in [0.717, 1.165) is 52.4 Å². The Labute approximate surface area is 157 Å². The summed E-state index contributed by atoms with van der Waals surface area (Å²) in [6, 6.07) is 3.57. The van der Waals surface area contributed by atoms with E-state index in [0.29, 0.717) is 6.54 Å². The van der Waals surface area contributed by atoms with Crippen molar-refractivity contribution in [2.45, 2.75) is 40.5 Å². The number of hydrogen-bond donors (Lipinski definition) is 2. The molecule has 9 nitrogen and oxygen atoms in total. The van der Waals surface area contributed by atoms with Gasteiger partial charge >= 0.3 is 6.03 Å². The summed E-state index contributed by atoms with van der Waals surface area (Å²) in [6.07, 6.45) is 3.13. The van der Waals surface area contributed by atoms with Gasteiger partial charge in [0.05, 0.1) is 11.4 Å². The first-order valence-corrected chi connectivity index (χ1v) is 8.77. The molecule has 142 valence electrons. The van der Waals surface area contributed by atoms with Crippen molar-refractivity contribution in [2.24, 2.45) is 0 Å². The van der Waals surface area contributed by atoms with E-state index in [1.807, 2.05) is 39.8 Å². The second-order valence-corrected chi connectivity index (χ2v) is 6.48. The van der Waals surface area contributed by atoms with Crippen LogP contribution in [-0.4, -0.2) is 37.9 Å². The molecular formula is C18H23N7O2. The molecule has 3 rings (SSSR count). The highest BCUT2D eigenvalue weighted by atomic mass is 16.5. The lowest BCUT2D eigenvalue weighted by atomic mass is 10.1. The van der Waals surface area contributed by atoms with E-state index < -0.39 is 0 Å². The Morgan fingerprint density at radius 3 is 2.70 bits per heavy atom. The zero-order valence-electron chi connectivity index (χ0n) is 15.9. The van der Waals surface area contributed by atoms with Crippen molar-refractivity contribution >= 4 is 11.7 Å². The Hall–Kier alpha value is -3.23. The summed E-state index contributed by atoms with van der Waals surface area (Å²) in [6.45, 7) is 8.33. The predicted octanol–water partition coefficient (Wildman–Crippen LogP) is 2.64. The van der Waals surface area contributed by atoms with Crippen LogP contribution in [0.25, 0.3) is 5.69 Å². The fourth-order valence-electron chi connectivity index (χ4n) is 2.87. The number of hydrogen-bond acceptors (Lipinski definition) is 6. The van der Waals surface area contributed by atoms with Gasteiger partial charge in [-0.05, 0) is 74.2 Å². The van der Waals surface area contributed by atoms with E-state index in [9.17, 15) is 4.79 Å². The molecule has 0 radical (unpaired) electrons. The average Bonchev–Trinajstić information content (AvgIpc) is 3.27. The van der Waals surface area contributed by atoms with Gasteiger partial charge in [-0.3, -0.25) is 0 Å². The lowest BCUT2D eigenvalue weighted by molar-refractivity contribution is 0.252. The van der Waals surface area contributed by atoms with E-state index in [1.54, 1.807) is 4.68 Å². The number of aromatic nitrogens is 5. The van der Waals surface area contributed by atoms with Gasteiger partial charge in [0, 0.05) is 17.8 Å². The summed E-state index contributed by atoms with van der Waals surface area (Å²) in [7, 11) is 0. The normalized spacial score (nSPS) is 10.8. The summed E-state index contributed by atoms with van der Waals surface area (Å²) in [5, 5.41) is 20.9. The van der Waals surface area contributed by atoms with Gasteiger partial charge in [-0.1, -0.05) is 5.16 Å². The SMILES string of the molecule is Cc1cc(-n2cnnn2)cc(NC(=O)NCCCc2c(C)noc2C)c1C. The van der Waals surface area contributed by atoms with Crippen molar-refractivity contribution in [3.05, 3.63) is 46.6 Å². The molecule has 0 unspecified atom stereocenters. The monoisotopic (exact) mass is 369 g/mol. The minimum Gasteiger partial charge on any atom is -0.361 e. The molecule has 2 heterocycles. The van der Waals surface area contributed by atoms with Crippen molar-refractivity contribution in [3.63, 3.8) is 0 Å². The minimum absolute atomic E-state index is 0.245. The van der Waals surface area contributed by atoms with Crippen LogP contribution in [0.3, 0.4) is 0 Å². The van der Waals surface area contributed by atoms with Crippen molar-refractivity contribution in [1.29, 1.82) is 0 Å². The number of nitrogens with zero attached hydrogens (tertiary/aromatic N) is 5. The number of nitrogens with one attached hydrogen (secondary N) is 2. The minimum atomic E-state index is -0.245. The molecular weight excluding hydrogens is 346 g/mol. The van der Waals surface area contributed by atoms with Gasteiger partial charge < -0.3 is 15.2 Å². The maximum absolute atomic E-state index is 12.3. The van der Waals surface area contributed by atoms with E-state index in [4.69, 9.17) is 4.52 Å². The molecule has 0 bridgehead atoms. The largest absolute Gasteiger partial charge is 0.361 e. The molecule has 0 saturated heterocycles. The molecule has 0 aliphatic carbocycles. The van der Waals surface area contributed by atoms with Gasteiger partial charge in [-0.2, -0.15) is 0 Å². The second-order valence-electron chi connectivity index (χ2n) is 6.48. The van der Waals surface area contributed by atoms with E-state index in [2.05, 4.69) is 31.3 Å². The van der Waals surface area contributed by atoms with Crippen LogP contribution in [0, 0.1) is 27.7 Å². The zero-order valence-corrected chi connectivity index (χ0v) is 15.9. The van der Waals surface area contributed by atoms with E-state index in [1.165, 1.54) is 6.33 Å². The lowest BCUT2D eigenvalue weighted by Gasteiger charge is -2.13. The van der Waals surface area contributed by atoms with Gasteiger partial charge in [0.1, 0.15) is 12.1 Å². The average molecular weight is 369 g/mol. The van der Waals surface area contributed by atoms with Crippen LogP contribution in [0.5, 0.6) is 0 Å². The summed E-state index contributed by atoms with van der Waals surface area (Å²) in [5.74, 6) is 0.836. The highest BCUT2D eigenvalue weighted by Crippen LogP contribution is 2.23. The summed E-state index contributed by atoms with van der Waals surface area (Å²) in [4.78, 5) is 12.3. The molecule has 9 heteroatoms. The molecule has 1 aromatic carbocycles. The third-order valence-corrected chi connectivity index (χ3v) is 4.58. The van der Waals surface area contributed by atoms with Crippen LogP contribution in [0.15, 0.2) is 23.0 Å². The molecule has 3 aromatic rings. The summed E-state index contributed by atoms with van der Waals surface area (Å²) < 4.78 is 6.71. The van der Waals surface area contributed by atoms with Gasteiger partial charge in [-0.15, -0.1) is 5.10 Å². The van der Waals surface area contributed by atoms with Crippen LogP contribution in [0.2, 0.25) is 0 Å². The number of rotatable bonds is 6. The van der Waals surface area contributed by atoms with E-state index >= 15 is 0 Å². The fourth-order valence-corrected chi connectivity index (χ4v) is 2.87. The zero-order chi connectivity index (χ0) is 19.4. The maximum atomic E-state index is 12.3. The standard InChI is InChI=1S/C18H23N7O2/c1-11-8-15(25-10-20-23-24-25)9-17(12(11)2)21-18(26)19-7-5-6-16-13(3)22-27-14(16)4/h8-10H,5-7H2,1-4H3,(H2,19,21,26). The second kappa shape index (κ2) is 7.98. The molecule has 27 heavy (non-hydrogen) atoms. The fraction of sp³-hybridized carbons (Fsp3) is 0.389. The maximum Gasteiger partial charge on any atom is 0.319 e. The number of amides is 2. The summed E-state index contributed by atoms with van der Waals surface area (Å²) >= 11 is 0. The molecule has 0 spiro atoms. The van der Waals surface area contributed by atoms with Crippen molar-refractivity contribution in [2.75, 3.05) is 11.9 Å². The van der Waals surface area contributed by atoms with Gasteiger partial charge in [0.2, 0.25) is 0 Å². The number of aryl methyl sites for hydroxylation is 3. The number of tetrazole rings is 1. The number of carbonyl (C=O) groups is 1. The molecule has 0 fully saturated rings. The Balaban J connectivity index is 1.57. The highest BCUT2D eigenvalue weighted by molar-refractivity contribution is 5.90. The smallest absolute Gasteiger partial charge is 0.319 e. The van der Waals surface area contributed by atoms with Crippen LogP contribution < -0.4 is 10.6 Å². The Bertz CT molecular complexity index is 912. The molecule has 2 N–H and O–H groups in total. The number of anilines is 1. The first kappa shape index (κ1) is 18.6. The third kappa shape index (κ3) is 4.30. The molecule has 0 aliphatic rings. The van der Waals surface area contributed by atoms with Crippen molar-refractivity contribution in [3.8, 4) is 5.69 Å². The highest BCUT2D eigenvalue weighted by Gasteiger charge is 2.11. The molecule has 2 aromatic heterocycles. The number of urea groups is 1. The first-order valence-electron chi connectivity index (χ1n) is 8.77. The lowest BCUT2D eigenvalue weighted by Crippen LogP contribution is -2.30. The number of benzene rings is 1. The van der Waals surface area contributed by atoms with Crippen LogP contribution in [-0.2, 0) is 6.42 Å². The molecule has 2 amide bonds. The molecule has 0 aliphatic heterocycles. The topological polar surface area (TPSA) is 111 Å². The molecule has 0 atom stereocenters. The van der Waals surface area contributed by atoms with Gasteiger partial charge in [-0.25, -0.2) is 9.48 Å². The van der Waals surface area contributed by atoms with Crippen LogP contribution in [0.4, 0.5) is 10.5 Å². The van der Waals surface area contributed by atoms with Crippen molar-refractivity contribution in [1.82, 2.24) is 30.7 Å². The van der Waals surface area contributed by atoms with Gasteiger partial charge in [0.25, 0.3) is 0 Å². The predicted molar refractivity (Wildman–Crippen MR) is 99.9 cm³/mol. The van der Waals surface area contributed by atoms with Gasteiger partial charge in [0.15, 0.2) is 0 Å². The Morgan fingerprint density at radius 1 is 1.22 bits per heavy atom. The first-order chi connectivity index (χ1) is 13.0. The van der Waals surface area contributed by atoms with Crippen LogP contribution >= 0.6 is 0 Å². The Morgan fingerprint density at radius 2 is 2.04 bits per heavy atom. The van der Waals surface area contributed by atoms with E-state index in [-0.39, 0.29) is 6.03 Å².